The highest BCUT2D eigenvalue weighted by atomic mass is 16.5. The first kappa shape index (κ1) is 8.39. The number of carboxylic acids is 1. The number of hydrogen-bond acceptors (Lipinski definition) is 3. The van der Waals surface area contributed by atoms with Crippen molar-refractivity contribution in [1.29, 1.82) is 0 Å². The number of hydrogen-bond donors (Lipinski definition) is 2. The molecule has 0 saturated carbocycles. The van der Waals surface area contributed by atoms with Crippen LogP contribution in [-0.4, -0.2) is 30.3 Å². The fraction of sp³-hybridized carbons (Fsp3) is 0.800. The maximum Gasteiger partial charge on any atom is 0.329 e. The Morgan fingerprint density at radius 2 is 2.44 bits per heavy atom. The van der Waals surface area contributed by atoms with Crippen LogP contribution in [-0.2, 0) is 9.53 Å². The van der Waals surface area contributed by atoms with Crippen molar-refractivity contribution in [1.82, 2.24) is 0 Å². The smallest absolute Gasteiger partial charge is 0.329 e. The Bertz CT molecular complexity index is 92.2. The summed E-state index contributed by atoms with van der Waals surface area (Å²) in [6, 6.07) is -0.0932. The average molecular weight is 133 g/mol. The molecule has 0 bridgehead atoms. The number of aliphatic carboxylic acids is 1. The van der Waals surface area contributed by atoms with Crippen LogP contribution in [0.1, 0.15) is 6.92 Å². The molecule has 0 spiro atoms. The maximum absolute atomic E-state index is 9.81. The van der Waals surface area contributed by atoms with Gasteiger partial charge in [-0.15, -0.1) is 0 Å². The first-order valence-corrected chi connectivity index (χ1v) is 2.68. The van der Waals surface area contributed by atoms with Crippen LogP contribution in [0, 0.1) is 0 Å². The van der Waals surface area contributed by atoms with Crippen molar-refractivity contribution in [3.63, 3.8) is 0 Å². The minimum Gasteiger partial charge on any atom is -0.480 e. The minimum absolute atomic E-state index is 0.0932. The number of ether oxygens (including phenoxy) is 1. The zero-order valence-electron chi connectivity index (χ0n) is 5.33. The molecule has 1 atom stereocenters. The molecule has 4 nitrogen and oxygen atoms in total. The molecule has 0 aromatic rings. The van der Waals surface area contributed by atoms with Crippen molar-refractivity contribution in [3.8, 4) is 0 Å². The quantitative estimate of drug-likeness (QED) is 0.539. The number of carbonyl (C=O) groups is 1. The third-order valence-electron chi connectivity index (χ3n) is 0.606. The van der Waals surface area contributed by atoms with Crippen LogP contribution in [0.25, 0.3) is 0 Å². The van der Waals surface area contributed by atoms with Gasteiger partial charge in [0.05, 0.1) is 6.61 Å². The van der Waals surface area contributed by atoms with Gasteiger partial charge in [-0.1, -0.05) is 0 Å². The van der Waals surface area contributed by atoms with Gasteiger partial charge in [0.15, 0.2) is 0 Å². The molecule has 0 rings (SSSR count). The van der Waals surface area contributed by atoms with E-state index in [1.54, 1.807) is 6.92 Å². The lowest BCUT2D eigenvalue weighted by Gasteiger charge is -2.02. The monoisotopic (exact) mass is 133 g/mol. The van der Waals surface area contributed by atoms with Crippen molar-refractivity contribution in [2.75, 3.05) is 13.2 Å². The van der Waals surface area contributed by atoms with Gasteiger partial charge in [0.1, 0.15) is 6.61 Å². The third-order valence-corrected chi connectivity index (χ3v) is 0.606. The van der Waals surface area contributed by atoms with E-state index >= 15 is 0 Å². The normalized spacial score (nSPS) is 13.1. The summed E-state index contributed by atoms with van der Waals surface area (Å²) in [6.45, 7) is 1.79. The molecule has 0 aliphatic carbocycles. The van der Waals surface area contributed by atoms with Gasteiger partial charge < -0.3 is 15.6 Å². The predicted molar refractivity (Wildman–Crippen MR) is 32.1 cm³/mol. The maximum atomic E-state index is 9.81. The molecular formula is C5H11NO3. The lowest BCUT2D eigenvalue weighted by atomic mass is 10.4. The minimum atomic E-state index is -0.962. The molecule has 0 amide bonds. The Morgan fingerprint density at radius 1 is 1.89 bits per heavy atom. The highest BCUT2D eigenvalue weighted by molar-refractivity contribution is 5.67. The van der Waals surface area contributed by atoms with Gasteiger partial charge in [-0.25, -0.2) is 4.79 Å². The van der Waals surface area contributed by atoms with E-state index in [0.717, 1.165) is 0 Å². The Balaban J connectivity index is 3.01. The molecule has 0 aromatic carbocycles. The summed E-state index contributed by atoms with van der Waals surface area (Å²) in [5, 5.41) is 8.06. The summed E-state index contributed by atoms with van der Waals surface area (Å²) in [5.41, 5.74) is 5.26. The van der Waals surface area contributed by atoms with Crippen molar-refractivity contribution >= 4 is 5.97 Å². The van der Waals surface area contributed by atoms with Crippen molar-refractivity contribution in [2.24, 2.45) is 5.73 Å². The molecular weight excluding hydrogens is 122 g/mol. The van der Waals surface area contributed by atoms with Gasteiger partial charge in [0.25, 0.3) is 0 Å². The summed E-state index contributed by atoms with van der Waals surface area (Å²) in [4.78, 5) is 9.81. The van der Waals surface area contributed by atoms with Gasteiger partial charge in [0.2, 0.25) is 0 Å². The van der Waals surface area contributed by atoms with E-state index in [0.29, 0.717) is 6.61 Å². The highest BCUT2D eigenvalue weighted by Gasteiger charge is 1.97. The molecule has 0 radical (unpaired) electrons. The lowest BCUT2D eigenvalue weighted by Crippen LogP contribution is -2.23. The highest BCUT2D eigenvalue weighted by Crippen LogP contribution is 1.78. The van der Waals surface area contributed by atoms with E-state index in [-0.39, 0.29) is 12.6 Å². The molecule has 0 heterocycles. The van der Waals surface area contributed by atoms with E-state index in [1.807, 2.05) is 0 Å². The fourth-order valence-electron chi connectivity index (χ4n) is 0.332. The standard InChI is InChI=1S/C5H11NO3/c1-4(6)2-9-3-5(7)8/h4H,2-3,6H2,1H3,(H,7,8)/t4-/m0/s1. The predicted octanol–water partition coefficient (Wildman–Crippen LogP) is -0.565. The van der Waals surface area contributed by atoms with Gasteiger partial charge >= 0.3 is 5.97 Å². The number of carboxylic acid groups (broad SMARTS) is 1. The van der Waals surface area contributed by atoms with E-state index in [4.69, 9.17) is 10.8 Å². The molecule has 3 N–H and O–H groups in total. The van der Waals surface area contributed by atoms with Crippen LogP contribution in [0.15, 0.2) is 0 Å². The van der Waals surface area contributed by atoms with Crippen LogP contribution in [0.4, 0.5) is 0 Å². The summed E-state index contributed by atoms with van der Waals surface area (Å²) >= 11 is 0. The fourth-order valence-corrected chi connectivity index (χ4v) is 0.332. The van der Waals surface area contributed by atoms with E-state index in [9.17, 15) is 4.79 Å². The molecule has 4 heteroatoms. The molecule has 54 valence electrons. The average Bonchev–Trinajstić information content (AvgIpc) is 1.63. The van der Waals surface area contributed by atoms with E-state index < -0.39 is 5.97 Å². The Kier molecular flexibility index (Phi) is 4.00. The van der Waals surface area contributed by atoms with Gasteiger partial charge in [-0.2, -0.15) is 0 Å². The summed E-state index contributed by atoms with van der Waals surface area (Å²) < 4.78 is 4.63. The van der Waals surface area contributed by atoms with Crippen LogP contribution in [0.3, 0.4) is 0 Å². The lowest BCUT2D eigenvalue weighted by molar-refractivity contribution is -0.142. The third kappa shape index (κ3) is 7.39. The SMILES string of the molecule is C[C@H](N)COCC(=O)O. The largest absolute Gasteiger partial charge is 0.480 e. The number of rotatable bonds is 4. The topological polar surface area (TPSA) is 72.5 Å². The number of nitrogens with two attached hydrogens (primary N) is 1. The van der Waals surface area contributed by atoms with E-state index in [1.165, 1.54) is 0 Å². The summed E-state index contributed by atoms with van der Waals surface area (Å²) in [7, 11) is 0. The Labute approximate surface area is 53.6 Å². The second-order valence-corrected chi connectivity index (χ2v) is 1.89. The van der Waals surface area contributed by atoms with Crippen LogP contribution in [0.2, 0.25) is 0 Å². The van der Waals surface area contributed by atoms with Gasteiger partial charge in [0, 0.05) is 6.04 Å². The molecule has 0 unspecified atom stereocenters. The zero-order valence-corrected chi connectivity index (χ0v) is 5.33. The van der Waals surface area contributed by atoms with Crippen LogP contribution < -0.4 is 5.73 Å². The van der Waals surface area contributed by atoms with Crippen molar-refractivity contribution in [3.05, 3.63) is 0 Å². The van der Waals surface area contributed by atoms with Crippen molar-refractivity contribution in [2.45, 2.75) is 13.0 Å². The Morgan fingerprint density at radius 3 is 2.78 bits per heavy atom. The second-order valence-electron chi connectivity index (χ2n) is 1.89. The molecule has 0 aliphatic rings. The molecule has 0 aromatic heterocycles. The summed E-state index contributed by atoms with van der Waals surface area (Å²) in [5.74, 6) is -0.962. The molecule has 0 saturated heterocycles. The van der Waals surface area contributed by atoms with E-state index in [2.05, 4.69) is 4.74 Å². The van der Waals surface area contributed by atoms with Gasteiger partial charge in [-0.3, -0.25) is 0 Å². The summed E-state index contributed by atoms with van der Waals surface area (Å²) in [6.07, 6.45) is 0. The molecule has 0 fully saturated rings. The zero-order chi connectivity index (χ0) is 7.28. The van der Waals surface area contributed by atoms with Gasteiger partial charge in [-0.05, 0) is 6.92 Å². The van der Waals surface area contributed by atoms with Crippen molar-refractivity contribution < 1.29 is 14.6 Å². The first-order valence-electron chi connectivity index (χ1n) is 2.68. The molecule has 0 aliphatic heterocycles. The molecule has 9 heavy (non-hydrogen) atoms. The second kappa shape index (κ2) is 4.29. The first-order chi connectivity index (χ1) is 4.13. The van der Waals surface area contributed by atoms with Crippen LogP contribution >= 0.6 is 0 Å². The Hall–Kier alpha value is -0.610. The van der Waals surface area contributed by atoms with Crippen LogP contribution in [0.5, 0.6) is 0 Å².